The van der Waals surface area contributed by atoms with Crippen molar-refractivity contribution in [1.82, 2.24) is 0 Å². The fraction of sp³-hybridized carbons (Fsp3) is 0.333. The number of carboxylic acids is 2. The molecule has 0 bridgehead atoms. The summed E-state index contributed by atoms with van der Waals surface area (Å²) in [6.45, 7) is 2.75. The van der Waals surface area contributed by atoms with Crippen molar-refractivity contribution in [3.05, 3.63) is 39.4 Å². The van der Waals surface area contributed by atoms with Gasteiger partial charge in [-0.3, -0.25) is 19.7 Å². The smallest absolute Gasteiger partial charge is 0.310 e. The first-order chi connectivity index (χ1) is 8.75. The number of carbonyl (C=O) groups is 2. The van der Waals surface area contributed by atoms with Crippen LogP contribution in [0.1, 0.15) is 36.8 Å². The first kappa shape index (κ1) is 14.6. The van der Waals surface area contributed by atoms with Crippen molar-refractivity contribution in [2.75, 3.05) is 0 Å². The van der Waals surface area contributed by atoms with Gasteiger partial charge in [-0.1, -0.05) is 6.07 Å². The summed E-state index contributed by atoms with van der Waals surface area (Å²) in [7, 11) is 0. The predicted molar refractivity (Wildman–Crippen MR) is 65.2 cm³/mol. The van der Waals surface area contributed by atoms with Crippen molar-refractivity contribution in [1.29, 1.82) is 0 Å². The van der Waals surface area contributed by atoms with E-state index in [2.05, 4.69) is 0 Å². The molecule has 0 aliphatic heterocycles. The summed E-state index contributed by atoms with van der Waals surface area (Å²) in [6.07, 6.45) is 0. The first-order valence-electron chi connectivity index (χ1n) is 5.49. The summed E-state index contributed by atoms with van der Waals surface area (Å²) in [5, 5.41) is 28.7. The quantitative estimate of drug-likeness (QED) is 0.622. The highest BCUT2D eigenvalue weighted by Gasteiger charge is 2.26. The molecule has 2 unspecified atom stereocenters. The lowest BCUT2D eigenvalue weighted by atomic mass is 9.92. The molecule has 7 nitrogen and oxygen atoms in total. The minimum absolute atomic E-state index is 0.00287. The van der Waals surface area contributed by atoms with Crippen molar-refractivity contribution in [2.24, 2.45) is 0 Å². The van der Waals surface area contributed by atoms with Gasteiger partial charge in [0.15, 0.2) is 0 Å². The minimum atomic E-state index is -1.21. The molecule has 1 aromatic carbocycles. The Morgan fingerprint density at radius 2 is 1.68 bits per heavy atom. The maximum Gasteiger partial charge on any atom is 0.310 e. The number of rotatable bonds is 5. The Bertz CT molecular complexity index is 539. The van der Waals surface area contributed by atoms with Gasteiger partial charge in [0.05, 0.1) is 16.8 Å². The summed E-state index contributed by atoms with van der Waals surface area (Å²) in [6, 6.07) is 3.74. The number of nitrogens with zero attached hydrogens (tertiary/aromatic N) is 1. The Labute approximate surface area is 108 Å². The van der Waals surface area contributed by atoms with Gasteiger partial charge in [0.2, 0.25) is 0 Å². The zero-order chi connectivity index (χ0) is 14.7. The lowest BCUT2D eigenvalue weighted by molar-refractivity contribution is -0.385. The maximum atomic E-state index is 11.0. The number of aliphatic carboxylic acids is 2. The van der Waals surface area contributed by atoms with Crippen molar-refractivity contribution in [3.8, 4) is 0 Å². The summed E-state index contributed by atoms with van der Waals surface area (Å²) in [5.74, 6) is -4.23. The molecular formula is C12H13NO6. The van der Waals surface area contributed by atoms with E-state index < -0.39 is 28.7 Å². The Kier molecular flexibility index (Phi) is 4.21. The molecule has 0 fully saturated rings. The van der Waals surface area contributed by atoms with Crippen molar-refractivity contribution in [3.63, 3.8) is 0 Å². The molecule has 0 aliphatic rings. The Morgan fingerprint density at radius 1 is 1.16 bits per heavy atom. The molecule has 0 saturated heterocycles. The zero-order valence-electron chi connectivity index (χ0n) is 10.4. The van der Waals surface area contributed by atoms with E-state index in [-0.39, 0.29) is 11.3 Å². The second-order valence-corrected chi connectivity index (χ2v) is 4.20. The Balaban J connectivity index is 3.38. The van der Waals surface area contributed by atoms with Crippen LogP contribution in [0.5, 0.6) is 0 Å². The third-order valence-corrected chi connectivity index (χ3v) is 2.96. The lowest BCUT2D eigenvalue weighted by Crippen LogP contribution is -2.12. The number of nitro groups is 1. The summed E-state index contributed by atoms with van der Waals surface area (Å²) in [5.41, 5.74) is 0.0144. The van der Waals surface area contributed by atoms with Crippen LogP contribution in [0.3, 0.4) is 0 Å². The first-order valence-corrected chi connectivity index (χ1v) is 5.49. The van der Waals surface area contributed by atoms with Gasteiger partial charge < -0.3 is 10.2 Å². The van der Waals surface area contributed by atoms with E-state index in [9.17, 15) is 19.7 Å². The molecule has 2 N–H and O–H groups in total. The summed E-state index contributed by atoms with van der Waals surface area (Å²) < 4.78 is 0. The van der Waals surface area contributed by atoms with Gasteiger partial charge in [0.25, 0.3) is 5.69 Å². The van der Waals surface area contributed by atoms with E-state index in [0.29, 0.717) is 5.56 Å². The molecule has 7 heteroatoms. The second kappa shape index (κ2) is 5.47. The number of hydrogen-bond acceptors (Lipinski definition) is 4. The van der Waals surface area contributed by atoms with E-state index in [4.69, 9.17) is 10.2 Å². The lowest BCUT2D eigenvalue weighted by Gasteiger charge is -2.12. The third kappa shape index (κ3) is 3.06. The predicted octanol–water partition coefficient (Wildman–Crippen LogP) is 1.97. The number of benzene rings is 1. The molecule has 0 aromatic heterocycles. The van der Waals surface area contributed by atoms with Crippen LogP contribution in [0.2, 0.25) is 0 Å². The zero-order valence-corrected chi connectivity index (χ0v) is 10.4. The molecule has 0 radical (unpaired) electrons. The van der Waals surface area contributed by atoms with E-state index in [1.54, 1.807) is 0 Å². The largest absolute Gasteiger partial charge is 0.481 e. The average Bonchev–Trinajstić information content (AvgIpc) is 2.35. The molecule has 1 rings (SSSR count). The average molecular weight is 267 g/mol. The SMILES string of the molecule is CC(C(=O)O)c1ccc([N+](=O)[O-])c(C(C)C(=O)O)c1. The van der Waals surface area contributed by atoms with E-state index in [0.717, 1.165) is 6.07 Å². The normalized spacial score (nSPS) is 13.6. The standard InChI is InChI=1S/C12H13NO6/c1-6(11(14)15)8-3-4-10(13(18)19)9(5-8)7(2)12(16)17/h3-7H,1-2H3,(H,14,15)(H,16,17). The van der Waals surface area contributed by atoms with Crippen LogP contribution in [-0.4, -0.2) is 27.1 Å². The van der Waals surface area contributed by atoms with Gasteiger partial charge in [0.1, 0.15) is 0 Å². The van der Waals surface area contributed by atoms with Gasteiger partial charge in [-0.05, 0) is 25.5 Å². The Morgan fingerprint density at radius 3 is 2.11 bits per heavy atom. The third-order valence-electron chi connectivity index (χ3n) is 2.96. The van der Waals surface area contributed by atoms with Crippen LogP contribution in [0.25, 0.3) is 0 Å². The summed E-state index contributed by atoms with van der Waals surface area (Å²) in [4.78, 5) is 32.0. The van der Waals surface area contributed by atoms with E-state index >= 15 is 0 Å². The van der Waals surface area contributed by atoms with Crippen molar-refractivity contribution < 1.29 is 24.7 Å². The van der Waals surface area contributed by atoms with Gasteiger partial charge in [-0.2, -0.15) is 0 Å². The fourth-order valence-electron chi connectivity index (χ4n) is 1.63. The van der Waals surface area contributed by atoms with Gasteiger partial charge in [0, 0.05) is 11.6 Å². The van der Waals surface area contributed by atoms with Gasteiger partial charge >= 0.3 is 11.9 Å². The molecule has 0 aliphatic carbocycles. The van der Waals surface area contributed by atoms with Crippen LogP contribution in [0, 0.1) is 10.1 Å². The van der Waals surface area contributed by atoms with Crippen LogP contribution in [0.4, 0.5) is 5.69 Å². The van der Waals surface area contributed by atoms with Crippen molar-refractivity contribution in [2.45, 2.75) is 25.7 Å². The number of hydrogen-bond donors (Lipinski definition) is 2. The molecule has 0 spiro atoms. The van der Waals surface area contributed by atoms with E-state index in [1.165, 1.54) is 26.0 Å². The molecule has 2 atom stereocenters. The highest BCUT2D eigenvalue weighted by atomic mass is 16.6. The van der Waals surface area contributed by atoms with Crippen LogP contribution < -0.4 is 0 Å². The molecule has 1 aromatic rings. The van der Waals surface area contributed by atoms with Gasteiger partial charge in [-0.25, -0.2) is 0 Å². The molecule has 102 valence electrons. The number of carboxylic acid groups (broad SMARTS) is 2. The molecule has 0 amide bonds. The maximum absolute atomic E-state index is 11.0. The summed E-state index contributed by atoms with van der Waals surface area (Å²) >= 11 is 0. The van der Waals surface area contributed by atoms with Crippen LogP contribution in [-0.2, 0) is 9.59 Å². The highest BCUT2D eigenvalue weighted by molar-refractivity contribution is 5.79. The molecule has 0 heterocycles. The van der Waals surface area contributed by atoms with E-state index in [1.807, 2.05) is 0 Å². The van der Waals surface area contributed by atoms with Crippen LogP contribution in [0.15, 0.2) is 18.2 Å². The van der Waals surface area contributed by atoms with Crippen molar-refractivity contribution >= 4 is 17.6 Å². The fourth-order valence-corrected chi connectivity index (χ4v) is 1.63. The minimum Gasteiger partial charge on any atom is -0.481 e. The van der Waals surface area contributed by atoms with Gasteiger partial charge in [-0.15, -0.1) is 0 Å². The molecule has 19 heavy (non-hydrogen) atoms. The highest BCUT2D eigenvalue weighted by Crippen LogP contribution is 2.30. The Hall–Kier alpha value is -2.44. The molecular weight excluding hydrogens is 254 g/mol. The topological polar surface area (TPSA) is 118 Å². The van der Waals surface area contributed by atoms with Crippen LogP contribution >= 0.6 is 0 Å². The monoisotopic (exact) mass is 267 g/mol. The molecule has 0 saturated carbocycles. The second-order valence-electron chi connectivity index (χ2n) is 4.20. The number of nitro benzene ring substituents is 1.